The summed E-state index contributed by atoms with van der Waals surface area (Å²) in [4.78, 5) is 42.9. The van der Waals surface area contributed by atoms with Crippen molar-refractivity contribution in [2.24, 2.45) is 0 Å². The predicted octanol–water partition coefficient (Wildman–Crippen LogP) is 2.76. The van der Waals surface area contributed by atoms with Crippen LogP contribution in [0.4, 0.5) is 5.00 Å². The Hall–Kier alpha value is -3.80. The average Bonchev–Trinajstić information content (AvgIpc) is 3.50. The molecule has 0 unspecified atom stereocenters. The van der Waals surface area contributed by atoms with E-state index in [-0.39, 0.29) is 16.8 Å². The van der Waals surface area contributed by atoms with Gasteiger partial charge in [0.2, 0.25) is 0 Å². The maximum Gasteiger partial charge on any atom is 0.324 e. The second-order valence-electron chi connectivity index (χ2n) is 7.27. The lowest BCUT2D eigenvalue weighted by Crippen LogP contribution is -2.50. The molecule has 3 heterocycles. The van der Waals surface area contributed by atoms with E-state index in [2.05, 4.69) is 4.98 Å². The van der Waals surface area contributed by atoms with Crippen LogP contribution in [0.25, 0.3) is 10.9 Å². The molecular weight excluding hydrogens is 452 g/mol. The van der Waals surface area contributed by atoms with Crippen molar-refractivity contribution in [2.45, 2.75) is 0 Å². The number of aromatic amines is 1. The van der Waals surface area contributed by atoms with Crippen LogP contribution in [0.15, 0.2) is 24.3 Å². The van der Waals surface area contributed by atoms with Crippen molar-refractivity contribution in [3.8, 4) is 17.2 Å². The summed E-state index contributed by atoms with van der Waals surface area (Å²) in [7, 11) is 4.57. The molecule has 11 nitrogen and oxygen atoms in total. The number of rotatable bonds is 6. The van der Waals surface area contributed by atoms with Crippen molar-refractivity contribution in [3.63, 3.8) is 0 Å². The summed E-state index contributed by atoms with van der Waals surface area (Å²) < 4.78 is 16.3. The van der Waals surface area contributed by atoms with E-state index >= 15 is 0 Å². The lowest BCUT2D eigenvalue weighted by Gasteiger charge is -2.34. The van der Waals surface area contributed by atoms with Crippen LogP contribution in [0.2, 0.25) is 0 Å². The third-order valence-electron chi connectivity index (χ3n) is 5.51. The highest BCUT2D eigenvalue weighted by molar-refractivity contribution is 7.17. The predicted molar refractivity (Wildman–Crippen MR) is 121 cm³/mol. The number of nitro groups is 1. The Bertz CT molecular complexity index is 1230. The first-order valence-electron chi connectivity index (χ1n) is 10.0. The number of hydrogen-bond acceptors (Lipinski definition) is 8. The number of H-pyrrole nitrogens is 1. The van der Waals surface area contributed by atoms with E-state index in [1.165, 1.54) is 33.5 Å². The van der Waals surface area contributed by atoms with Crippen molar-refractivity contribution < 1.29 is 28.7 Å². The van der Waals surface area contributed by atoms with Gasteiger partial charge in [-0.25, -0.2) is 0 Å². The van der Waals surface area contributed by atoms with Crippen LogP contribution in [0.1, 0.15) is 20.2 Å². The van der Waals surface area contributed by atoms with Gasteiger partial charge in [-0.1, -0.05) is 11.3 Å². The van der Waals surface area contributed by atoms with Gasteiger partial charge in [-0.15, -0.1) is 0 Å². The smallest absolute Gasteiger partial charge is 0.324 e. The van der Waals surface area contributed by atoms with Gasteiger partial charge < -0.3 is 29.0 Å². The first-order chi connectivity index (χ1) is 15.9. The number of methoxy groups -OCH3 is 3. The molecule has 1 aliphatic heterocycles. The van der Waals surface area contributed by atoms with Crippen LogP contribution in [0.3, 0.4) is 0 Å². The van der Waals surface area contributed by atoms with E-state index in [9.17, 15) is 19.7 Å². The molecule has 0 atom stereocenters. The molecular formula is C21H22N4O7S. The van der Waals surface area contributed by atoms with Gasteiger partial charge in [0.25, 0.3) is 11.8 Å². The van der Waals surface area contributed by atoms with Crippen molar-refractivity contribution >= 4 is 39.1 Å². The zero-order valence-electron chi connectivity index (χ0n) is 18.2. The monoisotopic (exact) mass is 474 g/mol. The fourth-order valence-electron chi connectivity index (χ4n) is 3.83. The largest absolute Gasteiger partial charge is 0.496 e. The number of ether oxygens (including phenoxy) is 3. The molecule has 0 bridgehead atoms. The molecule has 174 valence electrons. The van der Waals surface area contributed by atoms with E-state index < -0.39 is 4.92 Å². The highest BCUT2D eigenvalue weighted by Crippen LogP contribution is 2.41. The van der Waals surface area contributed by atoms with Gasteiger partial charge in [-0.2, -0.15) is 0 Å². The average molecular weight is 474 g/mol. The van der Waals surface area contributed by atoms with Crippen molar-refractivity contribution in [1.82, 2.24) is 14.8 Å². The molecule has 0 aliphatic carbocycles. The number of nitrogens with one attached hydrogen (secondary N) is 1. The Balaban J connectivity index is 1.50. The number of carbonyl (C=O) groups excluding carboxylic acids is 2. The van der Waals surface area contributed by atoms with Gasteiger partial charge in [-0.05, 0) is 12.1 Å². The van der Waals surface area contributed by atoms with Crippen molar-refractivity contribution in [1.29, 1.82) is 0 Å². The third kappa shape index (κ3) is 4.04. The number of fused-ring (bicyclic) bond motifs is 1. The summed E-state index contributed by atoms with van der Waals surface area (Å²) in [5.41, 5.74) is 0.952. The Labute approximate surface area is 192 Å². The molecule has 3 aromatic rings. The minimum absolute atomic E-state index is 0.0755. The van der Waals surface area contributed by atoms with Crippen molar-refractivity contribution in [3.05, 3.63) is 45.0 Å². The summed E-state index contributed by atoms with van der Waals surface area (Å²) in [5.74, 6) is 0.996. The number of hydrogen-bond donors (Lipinski definition) is 1. The highest BCUT2D eigenvalue weighted by Gasteiger charge is 2.28. The second kappa shape index (κ2) is 8.98. The molecule has 0 radical (unpaired) electrons. The zero-order chi connectivity index (χ0) is 23.7. The lowest BCUT2D eigenvalue weighted by molar-refractivity contribution is -0.380. The molecule has 2 aromatic heterocycles. The molecule has 1 aliphatic rings. The summed E-state index contributed by atoms with van der Waals surface area (Å²) in [5, 5.41) is 11.5. The van der Waals surface area contributed by atoms with Gasteiger partial charge in [-0.3, -0.25) is 19.7 Å². The van der Waals surface area contributed by atoms with Crippen LogP contribution in [-0.4, -0.2) is 79.0 Å². The first kappa shape index (κ1) is 22.4. The molecule has 1 fully saturated rings. The molecule has 1 aromatic carbocycles. The Morgan fingerprint density at radius 2 is 1.61 bits per heavy atom. The summed E-state index contributed by atoms with van der Waals surface area (Å²) in [6.45, 7) is 1.34. The number of amides is 2. The van der Waals surface area contributed by atoms with Gasteiger partial charge in [0.15, 0.2) is 11.5 Å². The summed E-state index contributed by atoms with van der Waals surface area (Å²) in [6, 6.07) is 6.19. The van der Waals surface area contributed by atoms with Gasteiger partial charge in [0.1, 0.15) is 11.4 Å². The van der Waals surface area contributed by atoms with E-state index in [4.69, 9.17) is 14.2 Å². The van der Waals surface area contributed by atoms with Gasteiger partial charge in [0, 0.05) is 43.7 Å². The Morgan fingerprint density at radius 3 is 2.15 bits per heavy atom. The van der Waals surface area contributed by atoms with Crippen LogP contribution in [-0.2, 0) is 0 Å². The molecule has 0 saturated carbocycles. The number of nitrogens with zero attached hydrogens (tertiary/aromatic N) is 3. The lowest BCUT2D eigenvalue weighted by atomic mass is 10.2. The van der Waals surface area contributed by atoms with Gasteiger partial charge >= 0.3 is 5.00 Å². The normalized spacial score (nSPS) is 13.8. The fourth-order valence-corrected chi connectivity index (χ4v) is 4.62. The fraction of sp³-hybridized carbons (Fsp3) is 0.333. The molecule has 33 heavy (non-hydrogen) atoms. The van der Waals surface area contributed by atoms with E-state index in [0.29, 0.717) is 64.9 Å². The van der Waals surface area contributed by atoms with Crippen LogP contribution in [0.5, 0.6) is 17.2 Å². The number of benzene rings is 1. The maximum atomic E-state index is 13.2. The quantitative estimate of drug-likeness (QED) is 0.430. The van der Waals surface area contributed by atoms with Crippen LogP contribution < -0.4 is 14.2 Å². The number of carbonyl (C=O) groups is 2. The molecule has 2 amide bonds. The zero-order valence-corrected chi connectivity index (χ0v) is 19.1. The molecule has 12 heteroatoms. The first-order valence-corrected chi connectivity index (χ1v) is 10.8. The second-order valence-corrected chi connectivity index (χ2v) is 8.33. The van der Waals surface area contributed by atoms with Crippen molar-refractivity contribution in [2.75, 3.05) is 47.5 Å². The summed E-state index contributed by atoms with van der Waals surface area (Å²) in [6.07, 6.45) is 0. The maximum absolute atomic E-state index is 13.2. The topological polar surface area (TPSA) is 127 Å². The number of aromatic nitrogens is 1. The number of piperazine rings is 1. The Morgan fingerprint density at radius 1 is 0.970 bits per heavy atom. The number of thiophene rings is 1. The summed E-state index contributed by atoms with van der Waals surface area (Å²) >= 11 is 0.849. The van der Waals surface area contributed by atoms with E-state index in [0.717, 1.165) is 11.3 Å². The van der Waals surface area contributed by atoms with E-state index in [1.807, 2.05) is 0 Å². The van der Waals surface area contributed by atoms with E-state index in [1.54, 1.807) is 21.9 Å². The molecule has 1 N–H and O–H groups in total. The molecule has 1 saturated heterocycles. The standard InChI is InChI=1S/C21H22N4O7S/c1-30-14-11-15(31-2)19(32-3)18-12(14)10-13(22-18)20(26)23-6-8-24(9-7-23)21(27)16-4-5-17(33-16)25(28)29/h4-5,10-11,22H,6-9H2,1-3H3. The van der Waals surface area contributed by atoms with Crippen LogP contribution in [0, 0.1) is 10.1 Å². The Kier molecular flexibility index (Phi) is 6.09. The minimum atomic E-state index is -0.516. The molecule has 4 rings (SSSR count). The van der Waals surface area contributed by atoms with Gasteiger partial charge in [0.05, 0.1) is 36.6 Å². The SMILES string of the molecule is COc1cc(OC)c2cc(C(=O)N3CCN(C(=O)c4ccc([N+](=O)[O-])s4)CC3)[nH]c2c1OC. The minimum Gasteiger partial charge on any atom is -0.496 e. The molecule has 0 spiro atoms. The highest BCUT2D eigenvalue weighted by atomic mass is 32.1. The third-order valence-corrected chi connectivity index (χ3v) is 6.53. The van der Waals surface area contributed by atoms with Crippen LogP contribution >= 0.6 is 11.3 Å².